The van der Waals surface area contributed by atoms with Gasteiger partial charge >= 0.3 is 12.0 Å². The predicted octanol–water partition coefficient (Wildman–Crippen LogP) is 2.74. The summed E-state index contributed by atoms with van der Waals surface area (Å²) >= 11 is 0. The zero-order valence-corrected chi connectivity index (χ0v) is 13.2. The van der Waals surface area contributed by atoms with E-state index in [0.29, 0.717) is 17.9 Å². The van der Waals surface area contributed by atoms with E-state index >= 15 is 0 Å². The summed E-state index contributed by atoms with van der Waals surface area (Å²) in [5, 5.41) is 12.2. The minimum atomic E-state index is -1.01. The number of rotatable bonds is 3. The summed E-state index contributed by atoms with van der Waals surface area (Å²) in [6.07, 6.45) is 0.296. The molecular formula is C18H18N2O4. The van der Waals surface area contributed by atoms with Gasteiger partial charge in [0.2, 0.25) is 0 Å². The van der Waals surface area contributed by atoms with Crippen molar-refractivity contribution in [2.75, 3.05) is 12.4 Å². The number of carbonyl (C=O) groups excluding carboxylic acids is 1. The molecule has 1 atom stereocenters. The molecule has 0 aromatic heterocycles. The van der Waals surface area contributed by atoms with Crippen LogP contribution in [0.1, 0.15) is 11.1 Å². The number of carbonyl (C=O) groups is 2. The van der Waals surface area contributed by atoms with Gasteiger partial charge in [0.1, 0.15) is 11.8 Å². The summed E-state index contributed by atoms with van der Waals surface area (Å²) in [5.41, 5.74) is 2.43. The van der Waals surface area contributed by atoms with Gasteiger partial charge in [0.05, 0.1) is 12.8 Å². The zero-order valence-electron chi connectivity index (χ0n) is 13.2. The number of nitrogens with zero attached hydrogens (tertiary/aromatic N) is 1. The molecule has 6 nitrogen and oxygen atoms in total. The van der Waals surface area contributed by atoms with E-state index in [9.17, 15) is 14.7 Å². The molecule has 1 aliphatic heterocycles. The first kappa shape index (κ1) is 15.9. The third-order valence-corrected chi connectivity index (χ3v) is 4.14. The van der Waals surface area contributed by atoms with Crippen LogP contribution in [0.4, 0.5) is 10.5 Å². The van der Waals surface area contributed by atoms with E-state index in [2.05, 4.69) is 5.32 Å². The molecule has 124 valence electrons. The Bertz CT molecular complexity index is 775. The molecule has 0 radical (unpaired) electrons. The van der Waals surface area contributed by atoms with Gasteiger partial charge < -0.3 is 20.1 Å². The number of hydrogen-bond donors (Lipinski definition) is 2. The number of aliphatic carboxylic acids is 1. The van der Waals surface area contributed by atoms with Crippen molar-refractivity contribution in [3.8, 4) is 5.75 Å². The van der Waals surface area contributed by atoms with E-state index < -0.39 is 18.0 Å². The van der Waals surface area contributed by atoms with E-state index in [-0.39, 0.29) is 6.54 Å². The van der Waals surface area contributed by atoms with E-state index in [4.69, 9.17) is 4.74 Å². The number of urea groups is 1. The number of carboxylic acid groups (broad SMARTS) is 1. The molecule has 24 heavy (non-hydrogen) atoms. The minimum Gasteiger partial charge on any atom is -0.495 e. The van der Waals surface area contributed by atoms with Gasteiger partial charge in [0.15, 0.2) is 0 Å². The fourth-order valence-corrected chi connectivity index (χ4v) is 2.89. The summed E-state index contributed by atoms with van der Waals surface area (Å²) in [6, 6.07) is 13.2. The van der Waals surface area contributed by atoms with E-state index in [1.165, 1.54) is 12.0 Å². The number of methoxy groups -OCH3 is 1. The maximum absolute atomic E-state index is 12.7. The van der Waals surface area contributed by atoms with Crippen molar-refractivity contribution < 1.29 is 19.4 Å². The van der Waals surface area contributed by atoms with Crippen molar-refractivity contribution in [1.29, 1.82) is 0 Å². The number of benzene rings is 2. The van der Waals surface area contributed by atoms with Crippen molar-refractivity contribution in [3.63, 3.8) is 0 Å². The maximum atomic E-state index is 12.7. The quantitative estimate of drug-likeness (QED) is 0.909. The number of anilines is 1. The van der Waals surface area contributed by atoms with Gasteiger partial charge in [-0.2, -0.15) is 0 Å². The lowest BCUT2D eigenvalue weighted by Crippen LogP contribution is -2.50. The lowest BCUT2D eigenvalue weighted by molar-refractivity contribution is -0.142. The van der Waals surface area contributed by atoms with Crippen LogP contribution in [0.15, 0.2) is 48.5 Å². The number of para-hydroxylation sites is 2. The van der Waals surface area contributed by atoms with Crippen LogP contribution in [0.2, 0.25) is 0 Å². The van der Waals surface area contributed by atoms with Crippen LogP contribution in [0.5, 0.6) is 5.75 Å². The van der Waals surface area contributed by atoms with Crippen LogP contribution in [0, 0.1) is 0 Å². The second-order valence-corrected chi connectivity index (χ2v) is 5.59. The maximum Gasteiger partial charge on any atom is 0.326 e. The largest absolute Gasteiger partial charge is 0.495 e. The van der Waals surface area contributed by atoms with Gasteiger partial charge in [-0.1, -0.05) is 36.4 Å². The van der Waals surface area contributed by atoms with Gasteiger partial charge in [-0.05, 0) is 23.3 Å². The molecule has 0 aliphatic carbocycles. The Balaban J connectivity index is 1.86. The lowest BCUT2D eigenvalue weighted by atomic mass is 9.94. The highest BCUT2D eigenvalue weighted by molar-refractivity contribution is 5.94. The number of nitrogens with one attached hydrogen (secondary N) is 1. The molecule has 2 aromatic carbocycles. The molecular weight excluding hydrogens is 308 g/mol. The van der Waals surface area contributed by atoms with Crippen molar-refractivity contribution in [2.24, 2.45) is 0 Å². The number of amides is 2. The van der Waals surface area contributed by atoms with Crippen LogP contribution in [-0.2, 0) is 17.8 Å². The predicted molar refractivity (Wildman–Crippen MR) is 89.1 cm³/mol. The highest BCUT2D eigenvalue weighted by Gasteiger charge is 2.34. The first-order valence-corrected chi connectivity index (χ1v) is 7.60. The summed E-state index contributed by atoms with van der Waals surface area (Å²) in [6.45, 7) is 0.258. The number of hydrogen-bond acceptors (Lipinski definition) is 3. The number of carboxylic acids is 1. The summed E-state index contributed by atoms with van der Waals surface area (Å²) in [4.78, 5) is 25.6. The average Bonchev–Trinajstić information content (AvgIpc) is 2.61. The molecule has 3 rings (SSSR count). The average molecular weight is 326 g/mol. The lowest BCUT2D eigenvalue weighted by Gasteiger charge is -2.34. The SMILES string of the molecule is COc1ccccc1NC(=O)N1Cc2ccccc2CC1C(=O)O. The van der Waals surface area contributed by atoms with Crippen LogP contribution in [0.3, 0.4) is 0 Å². The van der Waals surface area contributed by atoms with Crippen LogP contribution in [0.25, 0.3) is 0 Å². The standard InChI is InChI=1S/C18H18N2O4/c1-24-16-9-5-4-8-14(16)19-18(23)20-11-13-7-3-2-6-12(13)10-15(20)17(21)22/h2-9,15H,10-11H2,1H3,(H,19,23)(H,21,22). The summed E-state index contributed by atoms with van der Waals surface area (Å²) in [5.74, 6) is -0.491. The first-order valence-electron chi connectivity index (χ1n) is 7.60. The topological polar surface area (TPSA) is 78.9 Å². The monoisotopic (exact) mass is 326 g/mol. The van der Waals surface area contributed by atoms with E-state index in [1.54, 1.807) is 24.3 Å². The Morgan fingerprint density at radius 1 is 1.12 bits per heavy atom. The molecule has 1 aliphatic rings. The fraction of sp³-hybridized carbons (Fsp3) is 0.222. The second kappa shape index (κ2) is 6.62. The van der Waals surface area contributed by atoms with Crippen LogP contribution >= 0.6 is 0 Å². The van der Waals surface area contributed by atoms with Crippen LogP contribution < -0.4 is 10.1 Å². The number of fused-ring (bicyclic) bond motifs is 1. The van der Waals surface area contributed by atoms with Crippen LogP contribution in [-0.4, -0.2) is 35.2 Å². The van der Waals surface area contributed by atoms with Gasteiger partial charge in [-0.15, -0.1) is 0 Å². The molecule has 6 heteroatoms. The van der Waals surface area contributed by atoms with Gasteiger partial charge in [0.25, 0.3) is 0 Å². The van der Waals surface area contributed by atoms with Gasteiger partial charge in [-0.25, -0.2) is 9.59 Å². The molecule has 2 N–H and O–H groups in total. The highest BCUT2D eigenvalue weighted by atomic mass is 16.5. The molecule has 0 bridgehead atoms. The third-order valence-electron chi connectivity index (χ3n) is 4.14. The minimum absolute atomic E-state index is 0.258. The molecule has 0 saturated carbocycles. The molecule has 2 amide bonds. The molecule has 1 heterocycles. The molecule has 0 saturated heterocycles. The zero-order chi connectivity index (χ0) is 17.1. The van der Waals surface area contributed by atoms with Crippen molar-refractivity contribution in [2.45, 2.75) is 19.0 Å². The van der Waals surface area contributed by atoms with Gasteiger partial charge in [0, 0.05) is 13.0 Å². The third kappa shape index (κ3) is 3.03. The smallest absolute Gasteiger partial charge is 0.326 e. The molecule has 2 aromatic rings. The Morgan fingerprint density at radius 3 is 2.50 bits per heavy atom. The van der Waals surface area contributed by atoms with E-state index in [0.717, 1.165) is 11.1 Å². The van der Waals surface area contributed by atoms with E-state index in [1.807, 2.05) is 24.3 Å². The Morgan fingerprint density at radius 2 is 1.79 bits per heavy atom. The second-order valence-electron chi connectivity index (χ2n) is 5.59. The first-order chi connectivity index (χ1) is 11.6. The highest BCUT2D eigenvalue weighted by Crippen LogP contribution is 2.27. The fourth-order valence-electron chi connectivity index (χ4n) is 2.89. The Kier molecular flexibility index (Phi) is 4.37. The number of ether oxygens (including phenoxy) is 1. The molecule has 0 fully saturated rings. The Hall–Kier alpha value is -3.02. The molecule has 1 unspecified atom stereocenters. The Labute approximate surface area is 139 Å². The van der Waals surface area contributed by atoms with Crippen molar-refractivity contribution in [3.05, 3.63) is 59.7 Å². The summed E-state index contributed by atoms with van der Waals surface area (Å²) in [7, 11) is 1.52. The normalized spacial score (nSPS) is 16.2. The molecule has 0 spiro atoms. The van der Waals surface area contributed by atoms with Gasteiger partial charge in [-0.3, -0.25) is 0 Å². The summed E-state index contributed by atoms with van der Waals surface area (Å²) < 4.78 is 5.21. The van der Waals surface area contributed by atoms with Crippen molar-refractivity contribution in [1.82, 2.24) is 4.90 Å². The van der Waals surface area contributed by atoms with Crippen molar-refractivity contribution >= 4 is 17.7 Å².